The van der Waals surface area contributed by atoms with Crippen LogP contribution in [0.2, 0.25) is 0 Å². The predicted octanol–water partition coefficient (Wildman–Crippen LogP) is 2.26. The third kappa shape index (κ3) is 4.89. The molecule has 2 amide bonds. The monoisotopic (exact) mass is 340 g/mol. The van der Waals surface area contributed by atoms with Gasteiger partial charge in [0.2, 0.25) is 0 Å². The summed E-state index contributed by atoms with van der Waals surface area (Å²) in [6.07, 6.45) is 1.11. The number of rotatable bonds is 6. The second-order valence-corrected chi connectivity index (χ2v) is 6.97. The average Bonchev–Trinajstić information content (AvgIpc) is 3.00. The largest absolute Gasteiger partial charge is 0.377 e. The van der Waals surface area contributed by atoms with Crippen molar-refractivity contribution in [3.05, 3.63) is 16.1 Å². The zero-order valence-corrected chi connectivity index (χ0v) is 15.4. The highest BCUT2D eigenvalue weighted by molar-refractivity contribution is 7.09. The number of aromatic nitrogens is 1. The van der Waals surface area contributed by atoms with Crippen LogP contribution in [0.4, 0.5) is 4.79 Å². The van der Waals surface area contributed by atoms with Gasteiger partial charge in [-0.15, -0.1) is 11.3 Å². The van der Waals surface area contributed by atoms with E-state index >= 15 is 0 Å². The fraction of sp³-hybridized carbons (Fsp3) is 0.750. The smallest absolute Gasteiger partial charge is 0.318 e. The van der Waals surface area contributed by atoms with Crippen LogP contribution in [0.25, 0.3) is 0 Å². The molecule has 6 nitrogen and oxygen atoms in total. The summed E-state index contributed by atoms with van der Waals surface area (Å²) >= 11 is 1.59. The highest BCUT2D eigenvalue weighted by Gasteiger charge is 2.30. The summed E-state index contributed by atoms with van der Waals surface area (Å²) < 4.78 is 5.55. The third-order valence-electron chi connectivity index (χ3n) is 4.40. The number of urea groups is 1. The number of hydrogen-bond donors (Lipinski definition) is 1. The molecule has 2 heterocycles. The molecular weight excluding hydrogens is 312 g/mol. The van der Waals surface area contributed by atoms with E-state index in [0.29, 0.717) is 32.3 Å². The van der Waals surface area contributed by atoms with Gasteiger partial charge in [0.1, 0.15) is 11.0 Å². The van der Waals surface area contributed by atoms with Crippen LogP contribution in [0.15, 0.2) is 5.38 Å². The van der Waals surface area contributed by atoms with Crippen LogP contribution < -0.4 is 5.32 Å². The number of nitrogens with zero attached hydrogens (tertiary/aromatic N) is 3. The number of morpholine rings is 1. The molecule has 0 unspecified atom stereocenters. The van der Waals surface area contributed by atoms with Crippen molar-refractivity contribution in [2.24, 2.45) is 0 Å². The van der Waals surface area contributed by atoms with Gasteiger partial charge in [-0.3, -0.25) is 0 Å². The van der Waals surface area contributed by atoms with Gasteiger partial charge >= 0.3 is 6.03 Å². The number of hydrogen-bond acceptors (Lipinski definition) is 5. The van der Waals surface area contributed by atoms with Crippen molar-refractivity contribution < 1.29 is 9.53 Å². The number of carbonyl (C=O) groups excluding carboxylic acids is 1. The molecule has 1 fully saturated rings. The number of ether oxygens (including phenoxy) is 1. The number of thiazole rings is 1. The minimum atomic E-state index is -0.0743. The van der Waals surface area contributed by atoms with Crippen LogP contribution >= 0.6 is 11.3 Å². The van der Waals surface area contributed by atoms with E-state index in [4.69, 9.17) is 4.74 Å². The first-order valence-corrected chi connectivity index (χ1v) is 9.15. The van der Waals surface area contributed by atoms with Gasteiger partial charge in [-0.2, -0.15) is 0 Å². The first-order valence-electron chi connectivity index (χ1n) is 8.27. The van der Waals surface area contributed by atoms with Gasteiger partial charge in [-0.1, -0.05) is 6.92 Å². The summed E-state index contributed by atoms with van der Waals surface area (Å²) in [6, 6.07) is 0.430. The lowest BCUT2D eigenvalue weighted by Crippen LogP contribution is -2.49. The molecular formula is C16H28N4O2S. The highest BCUT2D eigenvalue weighted by Crippen LogP contribution is 2.26. The SMILES string of the molecule is CC[C@H](C)N(C)CCNC(=O)N1CCOC[C@H]1c1nc(C)cs1. The summed E-state index contributed by atoms with van der Waals surface area (Å²) in [5.41, 5.74) is 0.992. The fourth-order valence-corrected chi connectivity index (χ4v) is 3.44. The summed E-state index contributed by atoms with van der Waals surface area (Å²) in [5.74, 6) is 0. The van der Waals surface area contributed by atoms with E-state index in [1.54, 1.807) is 11.3 Å². The van der Waals surface area contributed by atoms with Crippen LogP contribution in [0.1, 0.15) is 37.0 Å². The van der Waals surface area contributed by atoms with E-state index in [1.807, 2.05) is 17.2 Å². The molecule has 2 rings (SSSR count). The van der Waals surface area contributed by atoms with Gasteiger partial charge in [0, 0.05) is 36.8 Å². The Labute approximate surface area is 142 Å². The van der Waals surface area contributed by atoms with Gasteiger partial charge in [-0.05, 0) is 27.3 Å². The lowest BCUT2D eigenvalue weighted by molar-refractivity contribution is 0.0114. The van der Waals surface area contributed by atoms with Crippen LogP contribution in [0, 0.1) is 6.92 Å². The molecule has 1 aromatic rings. The van der Waals surface area contributed by atoms with E-state index in [2.05, 4.69) is 36.1 Å². The van der Waals surface area contributed by atoms with E-state index in [-0.39, 0.29) is 12.1 Å². The highest BCUT2D eigenvalue weighted by atomic mass is 32.1. The maximum atomic E-state index is 12.5. The normalized spacial score (nSPS) is 19.9. The Bertz CT molecular complexity index is 508. The number of nitrogens with one attached hydrogen (secondary N) is 1. The molecule has 1 aliphatic heterocycles. The van der Waals surface area contributed by atoms with Gasteiger partial charge in [-0.25, -0.2) is 9.78 Å². The Balaban J connectivity index is 1.88. The van der Waals surface area contributed by atoms with Gasteiger partial charge in [0.15, 0.2) is 0 Å². The van der Waals surface area contributed by atoms with E-state index in [0.717, 1.165) is 23.7 Å². The van der Waals surface area contributed by atoms with Crippen molar-refractivity contribution in [2.45, 2.75) is 39.3 Å². The van der Waals surface area contributed by atoms with Crippen molar-refractivity contribution >= 4 is 17.4 Å². The second-order valence-electron chi connectivity index (χ2n) is 6.08. The van der Waals surface area contributed by atoms with Crippen molar-refractivity contribution in [3.8, 4) is 0 Å². The second kappa shape index (κ2) is 8.61. The van der Waals surface area contributed by atoms with Crippen molar-refractivity contribution in [3.63, 3.8) is 0 Å². The van der Waals surface area contributed by atoms with Crippen molar-refractivity contribution in [1.82, 2.24) is 20.1 Å². The zero-order valence-electron chi connectivity index (χ0n) is 14.5. The summed E-state index contributed by atoms with van der Waals surface area (Å²) in [6.45, 7) is 9.56. The van der Waals surface area contributed by atoms with Gasteiger partial charge in [0.25, 0.3) is 0 Å². The van der Waals surface area contributed by atoms with Crippen molar-refractivity contribution in [2.75, 3.05) is 39.9 Å². The molecule has 0 radical (unpaired) electrons. The molecule has 7 heteroatoms. The quantitative estimate of drug-likeness (QED) is 0.863. The molecule has 0 aliphatic carbocycles. The maximum absolute atomic E-state index is 12.5. The number of amides is 2. The Morgan fingerprint density at radius 1 is 1.65 bits per heavy atom. The molecule has 1 aliphatic rings. The molecule has 1 N–H and O–H groups in total. The van der Waals surface area contributed by atoms with Gasteiger partial charge in [0.05, 0.1) is 13.2 Å². The topological polar surface area (TPSA) is 57.7 Å². The minimum absolute atomic E-state index is 0.0243. The fourth-order valence-electron chi connectivity index (χ4n) is 2.55. The number of likely N-dealkylation sites (N-methyl/N-ethyl adjacent to an activating group) is 1. The summed E-state index contributed by atoms with van der Waals surface area (Å²) in [5, 5.41) is 6.00. The lowest BCUT2D eigenvalue weighted by Gasteiger charge is -2.34. The Kier molecular flexibility index (Phi) is 6.80. The van der Waals surface area contributed by atoms with Crippen LogP contribution in [-0.2, 0) is 4.74 Å². The third-order valence-corrected chi connectivity index (χ3v) is 5.46. The Morgan fingerprint density at radius 3 is 3.09 bits per heavy atom. The zero-order chi connectivity index (χ0) is 16.8. The van der Waals surface area contributed by atoms with E-state index in [9.17, 15) is 4.79 Å². The number of aryl methyl sites for hydroxylation is 1. The minimum Gasteiger partial charge on any atom is -0.377 e. The molecule has 1 saturated heterocycles. The summed E-state index contributed by atoms with van der Waals surface area (Å²) in [4.78, 5) is 21.2. The standard InChI is InChI=1S/C16H28N4O2S/c1-5-13(3)19(4)7-6-17-16(21)20-8-9-22-10-14(20)15-18-12(2)11-23-15/h11,13-14H,5-10H2,1-4H3,(H,17,21)/t13-,14-/m0/s1. The molecule has 130 valence electrons. The molecule has 0 spiro atoms. The molecule has 2 atom stereocenters. The Morgan fingerprint density at radius 2 is 2.43 bits per heavy atom. The van der Waals surface area contributed by atoms with Crippen LogP contribution in [0.5, 0.6) is 0 Å². The molecule has 23 heavy (non-hydrogen) atoms. The number of carbonyl (C=O) groups is 1. The van der Waals surface area contributed by atoms with Crippen LogP contribution in [0.3, 0.4) is 0 Å². The Hall–Kier alpha value is -1.18. The van der Waals surface area contributed by atoms with Gasteiger partial charge < -0.3 is 19.9 Å². The molecule has 0 saturated carbocycles. The maximum Gasteiger partial charge on any atom is 0.318 e. The van der Waals surface area contributed by atoms with Crippen LogP contribution in [-0.4, -0.2) is 66.8 Å². The first-order chi connectivity index (χ1) is 11.0. The average molecular weight is 340 g/mol. The van der Waals surface area contributed by atoms with Crippen molar-refractivity contribution in [1.29, 1.82) is 0 Å². The van der Waals surface area contributed by atoms with E-state index in [1.165, 1.54) is 0 Å². The molecule has 0 aromatic carbocycles. The molecule has 0 bridgehead atoms. The first kappa shape index (κ1) is 18.2. The summed E-state index contributed by atoms with van der Waals surface area (Å²) in [7, 11) is 2.09. The molecule has 1 aromatic heterocycles. The van der Waals surface area contributed by atoms with E-state index < -0.39 is 0 Å². The predicted molar refractivity (Wildman–Crippen MR) is 92.9 cm³/mol. The lowest BCUT2D eigenvalue weighted by atomic mass is 10.2.